The molecule has 4 rings (SSSR count). The van der Waals surface area contributed by atoms with Crippen molar-refractivity contribution in [3.63, 3.8) is 0 Å². The second-order valence-electron chi connectivity index (χ2n) is 8.13. The first kappa shape index (κ1) is 25.7. The number of anilines is 2. The number of carbonyl (C=O) groups excluding carboxylic acids is 1. The Bertz CT molecular complexity index is 1580. The number of carbonyl (C=O) groups is 1. The highest BCUT2D eigenvalue weighted by molar-refractivity contribution is 6.32. The molecule has 0 unspecified atom stereocenters. The molecule has 1 amide bonds. The highest BCUT2D eigenvalue weighted by Crippen LogP contribution is 2.33. The van der Waals surface area contributed by atoms with Crippen molar-refractivity contribution >= 4 is 29.0 Å². The summed E-state index contributed by atoms with van der Waals surface area (Å²) >= 11 is 5.95. The van der Waals surface area contributed by atoms with Crippen LogP contribution in [0.15, 0.2) is 55.1 Å². The summed E-state index contributed by atoms with van der Waals surface area (Å²) in [6, 6.07) is 6.90. The number of alkyl halides is 3. The third-order valence-corrected chi connectivity index (χ3v) is 5.59. The molecule has 2 heterocycles. The van der Waals surface area contributed by atoms with Gasteiger partial charge in [0.1, 0.15) is 11.6 Å². The van der Waals surface area contributed by atoms with Crippen LogP contribution in [0.2, 0.25) is 5.02 Å². The van der Waals surface area contributed by atoms with Crippen LogP contribution < -0.4 is 11.1 Å². The number of imidazole rings is 1. The van der Waals surface area contributed by atoms with Crippen molar-refractivity contribution in [2.24, 2.45) is 0 Å². The molecule has 6 nitrogen and oxygen atoms in total. The Morgan fingerprint density at radius 2 is 1.84 bits per heavy atom. The van der Waals surface area contributed by atoms with Gasteiger partial charge in [-0.05, 0) is 55.8 Å². The monoisotopic (exact) mass is 527 g/mol. The number of amides is 1. The lowest BCUT2D eigenvalue weighted by Gasteiger charge is -2.14. The zero-order valence-corrected chi connectivity index (χ0v) is 20.2. The van der Waals surface area contributed by atoms with Crippen LogP contribution in [0.3, 0.4) is 0 Å². The fourth-order valence-corrected chi connectivity index (χ4v) is 3.56. The van der Waals surface area contributed by atoms with Crippen molar-refractivity contribution in [1.29, 1.82) is 0 Å². The fourth-order valence-electron chi connectivity index (χ4n) is 3.39. The third kappa shape index (κ3) is 5.90. The molecular formula is C26H18ClF4N5O. The number of aryl methyl sites for hydroxylation is 2. The van der Waals surface area contributed by atoms with Crippen LogP contribution in [0, 0.1) is 31.5 Å². The summed E-state index contributed by atoms with van der Waals surface area (Å²) < 4.78 is 56.7. The van der Waals surface area contributed by atoms with E-state index < -0.39 is 23.5 Å². The molecule has 11 heteroatoms. The number of nitrogens with two attached hydrogens (primary N) is 1. The minimum atomic E-state index is -4.68. The van der Waals surface area contributed by atoms with Crippen molar-refractivity contribution < 1.29 is 22.4 Å². The first-order chi connectivity index (χ1) is 17.4. The molecule has 0 saturated carbocycles. The van der Waals surface area contributed by atoms with Crippen LogP contribution in [0.5, 0.6) is 0 Å². The van der Waals surface area contributed by atoms with Gasteiger partial charge in [0.05, 0.1) is 28.2 Å². The zero-order chi connectivity index (χ0) is 26.9. The summed E-state index contributed by atoms with van der Waals surface area (Å²) in [5.41, 5.74) is 5.98. The maximum absolute atomic E-state index is 14.7. The summed E-state index contributed by atoms with van der Waals surface area (Å²) in [4.78, 5) is 20.9. The van der Waals surface area contributed by atoms with Gasteiger partial charge < -0.3 is 15.6 Å². The van der Waals surface area contributed by atoms with E-state index in [-0.39, 0.29) is 27.8 Å². The van der Waals surface area contributed by atoms with Crippen LogP contribution in [0.1, 0.15) is 38.3 Å². The SMILES string of the molecule is Cc1cn(-c2cc(NC(=O)c3cc(C#Cc4cnc(N)c(Cl)c4)c(C)cc3F)cc(C(F)(F)F)c2)cn1. The van der Waals surface area contributed by atoms with Crippen molar-refractivity contribution in [1.82, 2.24) is 14.5 Å². The van der Waals surface area contributed by atoms with Crippen LogP contribution in [-0.2, 0) is 6.18 Å². The smallest absolute Gasteiger partial charge is 0.382 e. The van der Waals surface area contributed by atoms with Gasteiger partial charge in [0, 0.05) is 34.9 Å². The van der Waals surface area contributed by atoms with Gasteiger partial charge in [-0.25, -0.2) is 14.4 Å². The molecule has 188 valence electrons. The molecule has 37 heavy (non-hydrogen) atoms. The van der Waals surface area contributed by atoms with Crippen molar-refractivity contribution in [2.75, 3.05) is 11.1 Å². The van der Waals surface area contributed by atoms with Crippen LogP contribution >= 0.6 is 11.6 Å². The maximum Gasteiger partial charge on any atom is 0.416 e. The van der Waals surface area contributed by atoms with Crippen LogP contribution in [0.25, 0.3) is 5.69 Å². The number of nitrogens with one attached hydrogen (secondary N) is 1. The van der Waals surface area contributed by atoms with Crippen LogP contribution in [-0.4, -0.2) is 20.4 Å². The van der Waals surface area contributed by atoms with Gasteiger partial charge in [-0.1, -0.05) is 23.4 Å². The molecule has 0 aliphatic carbocycles. The second-order valence-corrected chi connectivity index (χ2v) is 8.54. The number of hydrogen-bond donors (Lipinski definition) is 2. The van der Waals surface area contributed by atoms with E-state index in [9.17, 15) is 22.4 Å². The van der Waals surface area contributed by atoms with Gasteiger partial charge >= 0.3 is 6.18 Å². The van der Waals surface area contributed by atoms with Gasteiger partial charge in [0.2, 0.25) is 0 Å². The maximum atomic E-state index is 14.7. The average molecular weight is 528 g/mol. The molecule has 0 fully saturated rings. The lowest BCUT2D eigenvalue weighted by Crippen LogP contribution is -2.16. The minimum Gasteiger partial charge on any atom is -0.382 e. The molecule has 0 radical (unpaired) electrons. The molecule has 0 spiro atoms. The molecule has 3 N–H and O–H groups in total. The van der Waals surface area contributed by atoms with E-state index in [4.69, 9.17) is 17.3 Å². The number of aromatic nitrogens is 3. The van der Waals surface area contributed by atoms with E-state index in [0.717, 1.165) is 18.2 Å². The van der Waals surface area contributed by atoms with Gasteiger partial charge in [-0.3, -0.25) is 4.79 Å². The van der Waals surface area contributed by atoms with Crippen molar-refractivity contribution in [3.8, 4) is 17.5 Å². The van der Waals surface area contributed by atoms with E-state index in [1.807, 2.05) is 0 Å². The summed E-state index contributed by atoms with van der Waals surface area (Å²) in [5, 5.41) is 2.58. The number of pyridine rings is 1. The Kier molecular flexibility index (Phi) is 6.92. The number of benzene rings is 2. The molecule has 2 aromatic carbocycles. The first-order valence-corrected chi connectivity index (χ1v) is 11.1. The van der Waals surface area contributed by atoms with Gasteiger partial charge in [-0.2, -0.15) is 13.2 Å². The molecule has 0 aliphatic heterocycles. The number of nitrogens with zero attached hydrogens (tertiary/aromatic N) is 3. The van der Waals surface area contributed by atoms with Crippen molar-refractivity contribution in [3.05, 3.63) is 99.5 Å². The largest absolute Gasteiger partial charge is 0.416 e. The quantitative estimate of drug-likeness (QED) is 0.255. The van der Waals surface area contributed by atoms with E-state index in [1.54, 1.807) is 13.8 Å². The summed E-state index contributed by atoms with van der Waals surface area (Å²) in [5.74, 6) is 4.00. The Hall–Kier alpha value is -4.36. The predicted octanol–water partition coefficient (Wildman–Crippen LogP) is 5.93. The number of nitrogen functional groups attached to an aromatic ring is 1. The Morgan fingerprint density at radius 3 is 2.49 bits per heavy atom. The molecule has 0 bridgehead atoms. The number of halogens is 5. The Morgan fingerprint density at radius 1 is 1.08 bits per heavy atom. The van der Waals surface area contributed by atoms with Crippen molar-refractivity contribution in [2.45, 2.75) is 20.0 Å². The standard InChI is InChI=1S/C26H18ClF4N5O/c1-14-5-23(28)21(7-17(14)4-3-16-6-22(27)24(32)33-11-16)25(37)35-19-8-18(26(29,30)31)9-20(10-19)36-12-15(2)34-13-36/h5-13H,1-2H3,(H2,32,33)(H,35,37). The average Bonchev–Trinajstić information content (AvgIpc) is 3.26. The molecule has 0 aliphatic rings. The molecule has 2 aromatic heterocycles. The molecule has 0 saturated heterocycles. The van der Waals surface area contributed by atoms with E-state index in [1.165, 1.54) is 41.5 Å². The first-order valence-electron chi connectivity index (χ1n) is 10.7. The molecule has 4 aromatic rings. The Balaban J connectivity index is 1.68. The normalized spacial score (nSPS) is 11.1. The summed E-state index contributed by atoms with van der Waals surface area (Å²) in [6.45, 7) is 3.29. The highest BCUT2D eigenvalue weighted by Gasteiger charge is 2.31. The predicted molar refractivity (Wildman–Crippen MR) is 132 cm³/mol. The van der Waals surface area contributed by atoms with Gasteiger partial charge in [0.25, 0.3) is 5.91 Å². The van der Waals surface area contributed by atoms with E-state index >= 15 is 0 Å². The van der Waals surface area contributed by atoms with Gasteiger partial charge in [0.15, 0.2) is 0 Å². The summed E-state index contributed by atoms with van der Waals surface area (Å²) in [7, 11) is 0. The van der Waals surface area contributed by atoms with Gasteiger partial charge in [-0.15, -0.1) is 0 Å². The van der Waals surface area contributed by atoms with E-state index in [2.05, 4.69) is 27.1 Å². The summed E-state index contributed by atoms with van der Waals surface area (Å²) in [6.07, 6.45) is -0.378. The molecule has 0 atom stereocenters. The highest BCUT2D eigenvalue weighted by atomic mass is 35.5. The lowest BCUT2D eigenvalue weighted by molar-refractivity contribution is -0.137. The fraction of sp³-hybridized carbons (Fsp3) is 0.115. The number of hydrogen-bond acceptors (Lipinski definition) is 4. The zero-order valence-electron chi connectivity index (χ0n) is 19.4. The number of rotatable bonds is 3. The molecular weight excluding hydrogens is 510 g/mol. The Labute approximate surface area is 214 Å². The van der Waals surface area contributed by atoms with Crippen LogP contribution in [0.4, 0.5) is 29.1 Å². The minimum absolute atomic E-state index is 0.123. The third-order valence-electron chi connectivity index (χ3n) is 5.28. The van der Waals surface area contributed by atoms with E-state index in [0.29, 0.717) is 22.4 Å². The topological polar surface area (TPSA) is 85.8 Å². The lowest BCUT2D eigenvalue weighted by atomic mass is 10.0. The second kappa shape index (κ2) is 9.95.